The molecule has 0 bridgehead atoms. The van der Waals surface area contributed by atoms with Crippen LogP contribution in [-0.4, -0.2) is 38.8 Å². The summed E-state index contributed by atoms with van der Waals surface area (Å²) in [7, 11) is 3.78. The first-order valence-corrected chi connectivity index (χ1v) is 7.65. The van der Waals surface area contributed by atoms with Gasteiger partial charge in [-0.25, -0.2) is 0 Å². The van der Waals surface area contributed by atoms with E-state index < -0.39 is 0 Å². The van der Waals surface area contributed by atoms with Crippen molar-refractivity contribution in [2.24, 2.45) is 5.92 Å². The molecule has 1 N–H and O–H groups in total. The third-order valence-electron chi connectivity index (χ3n) is 4.17. The highest BCUT2D eigenvalue weighted by atomic mass is 16.5. The average molecular weight is 277 g/mol. The summed E-state index contributed by atoms with van der Waals surface area (Å²) in [4.78, 5) is 7.07. The maximum Gasteiger partial charge on any atom is 0.0574 e. The van der Waals surface area contributed by atoms with Gasteiger partial charge in [0.25, 0.3) is 0 Å². The molecule has 4 nitrogen and oxygen atoms in total. The minimum atomic E-state index is 0.353. The van der Waals surface area contributed by atoms with Crippen molar-refractivity contribution in [1.29, 1.82) is 0 Å². The number of hydrogen-bond donors (Lipinski definition) is 1. The fourth-order valence-electron chi connectivity index (χ4n) is 3.02. The number of anilines is 1. The standard InChI is InChI=1S/C16H27N3O/c1-4-15(17-2)16-8-7-14(10-18-16)19-9-5-6-13(11-19)12-20-3/h7-8,10,13,15,17H,4-6,9,11-12H2,1-3H3. The second-order valence-corrected chi connectivity index (χ2v) is 5.60. The monoisotopic (exact) mass is 277 g/mol. The molecule has 2 rings (SSSR count). The Kier molecular flexibility index (Phi) is 5.80. The van der Waals surface area contributed by atoms with E-state index in [1.807, 2.05) is 13.2 Å². The lowest BCUT2D eigenvalue weighted by Crippen LogP contribution is -2.37. The minimum Gasteiger partial charge on any atom is -0.384 e. The number of aromatic nitrogens is 1. The molecule has 0 spiro atoms. The molecule has 0 aromatic carbocycles. The number of piperidine rings is 1. The van der Waals surface area contributed by atoms with Gasteiger partial charge in [-0.15, -0.1) is 0 Å². The van der Waals surface area contributed by atoms with Crippen molar-refractivity contribution >= 4 is 5.69 Å². The van der Waals surface area contributed by atoms with Gasteiger partial charge >= 0.3 is 0 Å². The molecule has 112 valence electrons. The van der Waals surface area contributed by atoms with E-state index in [0.29, 0.717) is 12.0 Å². The predicted octanol–water partition coefficient (Wildman–Crippen LogP) is 2.61. The Morgan fingerprint density at radius 1 is 1.50 bits per heavy atom. The molecule has 2 atom stereocenters. The van der Waals surface area contributed by atoms with Gasteiger partial charge in [-0.3, -0.25) is 4.98 Å². The Morgan fingerprint density at radius 2 is 2.35 bits per heavy atom. The van der Waals surface area contributed by atoms with E-state index in [1.54, 1.807) is 7.11 Å². The second kappa shape index (κ2) is 7.60. The minimum absolute atomic E-state index is 0.353. The lowest BCUT2D eigenvalue weighted by atomic mass is 9.98. The zero-order valence-electron chi connectivity index (χ0n) is 12.9. The van der Waals surface area contributed by atoms with Crippen molar-refractivity contribution in [1.82, 2.24) is 10.3 Å². The first-order valence-electron chi connectivity index (χ1n) is 7.65. The van der Waals surface area contributed by atoms with E-state index in [1.165, 1.54) is 18.5 Å². The molecule has 1 saturated heterocycles. The molecule has 1 aromatic rings. The number of hydrogen-bond acceptors (Lipinski definition) is 4. The van der Waals surface area contributed by atoms with E-state index >= 15 is 0 Å². The number of nitrogens with one attached hydrogen (secondary N) is 1. The second-order valence-electron chi connectivity index (χ2n) is 5.60. The molecule has 2 unspecified atom stereocenters. The average Bonchev–Trinajstić information content (AvgIpc) is 2.50. The summed E-state index contributed by atoms with van der Waals surface area (Å²) in [6.45, 7) is 5.25. The van der Waals surface area contributed by atoms with Crippen LogP contribution in [0.25, 0.3) is 0 Å². The summed E-state index contributed by atoms with van der Waals surface area (Å²) in [5, 5.41) is 3.30. The highest BCUT2D eigenvalue weighted by molar-refractivity contribution is 5.45. The number of rotatable bonds is 6. The Bertz CT molecular complexity index is 387. The zero-order chi connectivity index (χ0) is 14.4. The first-order chi connectivity index (χ1) is 9.78. The van der Waals surface area contributed by atoms with Gasteiger partial charge in [0.1, 0.15) is 0 Å². The molecule has 0 amide bonds. The zero-order valence-corrected chi connectivity index (χ0v) is 12.9. The van der Waals surface area contributed by atoms with Crippen molar-refractivity contribution in [3.63, 3.8) is 0 Å². The number of ether oxygens (including phenoxy) is 1. The molecule has 4 heteroatoms. The Morgan fingerprint density at radius 3 is 2.95 bits per heavy atom. The van der Waals surface area contributed by atoms with E-state index in [9.17, 15) is 0 Å². The van der Waals surface area contributed by atoms with E-state index in [4.69, 9.17) is 4.74 Å². The van der Waals surface area contributed by atoms with E-state index in [0.717, 1.165) is 31.8 Å². The molecule has 1 aliphatic heterocycles. The smallest absolute Gasteiger partial charge is 0.0574 e. The molecular weight excluding hydrogens is 250 g/mol. The van der Waals surface area contributed by atoms with E-state index in [2.05, 4.69) is 34.3 Å². The van der Waals surface area contributed by atoms with Crippen molar-refractivity contribution in [2.75, 3.05) is 38.8 Å². The third kappa shape index (κ3) is 3.70. The molecule has 1 aliphatic rings. The van der Waals surface area contributed by atoms with Crippen LogP contribution < -0.4 is 10.2 Å². The highest BCUT2D eigenvalue weighted by Gasteiger charge is 2.20. The lowest BCUT2D eigenvalue weighted by Gasteiger charge is -2.34. The molecule has 1 aromatic heterocycles. The maximum absolute atomic E-state index is 5.29. The SMILES string of the molecule is CCC(NC)c1ccc(N2CCCC(COC)C2)cn1. The van der Waals surface area contributed by atoms with Gasteiger partial charge in [-0.05, 0) is 44.4 Å². The molecular formula is C16H27N3O. The molecule has 2 heterocycles. The summed E-state index contributed by atoms with van der Waals surface area (Å²) in [6, 6.07) is 4.71. The molecule has 1 fully saturated rings. The number of pyridine rings is 1. The summed E-state index contributed by atoms with van der Waals surface area (Å²) in [5.74, 6) is 0.647. The quantitative estimate of drug-likeness (QED) is 0.867. The van der Waals surface area contributed by atoms with Gasteiger partial charge in [0, 0.05) is 26.2 Å². The van der Waals surface area contributed by atoms with Crippen molar-refractivity contribution < 1.29 is 4.74 Å². The van der Waals surface area contributed by atoms with Gasteiger partial charge in [-0.2, -0.15) is 0 Å². The molecule has 0 saturated carbocycles. The molecule has 0 aliphatic carbocycles. The maximum atomic E-state index is 5.29. The Labute approximate surface area is 122 Å². The van der Waals surface area contributed by atoms with Crippen LogP contribution in [0, 0.1) is 5.92 Å². The topological polar surface area (TPSA) is 37.4 Å². The van der Waals surface area contributed by atoms with Gasteiger partial charge < -0.3 is 15.0 Å². The molecule has 0 radical (unpaired) electrons. The summed E-state index contributed by atoms with van der Waals surface area (Å²) >= 11 is 0. The van der Waals surface area contributed by atoms with E-state index in [-0.39, 0.29) is 0 Å². The fourth-order valence-corrected chi connectivity index (χ4v) is 3.02. The van der Waals surface area contributed by atoms with Crippen LogP contribution >= 0.6 is 0 Å². The Hall–Kier alpha value is -1.13. The van der Waals surface area contributed by atoms with Gasteiger partial charge in [-0.1, -0.05) is 6.92 Å². The van der Waals surface area contributed by atoms with Crippen LogP contribution in [0.1, 0.15) is 37.9 Å². The van der Waals surface area contributed by atoms with Crippen LogP contribution in [-0.2, 0) is 4.74 Å². The van der Waals surface area contributed by atoms with Crippen molar-refractivity contribution in [2.45, 2.75) is 32.2 Å². The summed E-state index contributed by atoms with van der Waals surface area (Å²) < 4.78 is 5.29. The summed E-state index contributed by atoms with van der Waals surface area (Å²) in [5.41, 5.74) is 2.37. The summed E-state index contributed by atoms with van der Waals surface area (Å²) in [6.07, 6.45) is 5.59. The van der Waals surface area contributed by atoms with Crippen LogP contribution in [0.15, 0.2) is 18.3 Å². The van der Waals surface area contributed by atoms with Gasteiger partial charge in [0.15, 0.2) is 0 Å². The first kappa shape index (κ1) is 15.3. The van der Waals surface area contributed by atoms with Gasteiger partial charge in [0.05, 0.1) is 24.2 Å². The van der Waals surface area contributed by atoms with Crippen LogP contribution in [0.5, 0.6) is 0 Å². The largest absolute Gasteiger partial charge is 0.384 e. The van der Waals surface area contributed by atoms with Crippen LogP contribution in [0.3, 0.4) is 0 Å². The van der Waals surface area contributed by atoms with Gasteiger partial charge in [0.2, 0.25) is 0 Å². The normalized spacial score (nSPS) is 20.9. The van der Waals surface area contributed by atoms with Crippen LogP contribution in [0.4, 0.5) is 5.69 Å². The lowest BCUT2D eigenvalue weighted by molar-refractivity contribution is 0.143. The van der Waals surface area contributed by atoms with Crippen molar-refractivity contribution in [3.05, 3.63) is 24.0 Å². The molecule has 20 heavy (non-hydrogen) atoms. The van der Waals surface area contributed by atoms with Crippen molar-refractivity contribution in [3.8, 4) is 0 Å². The highest BCUT2D eigenvalue weighted by Crippen LogP contribution is 2.24. The number of nitrogens with zero attached hydrogens (tertiary/aromatic N) is 2. The Balaban J connectivity index is 2.02. The van der Waals surface area contributed by atoms with Crippen LogP contribution in [0.2, 0.25) is 0 Å². The third-order valence-corrected chi connectivity index (χ3v) is 4.17. The predicted molar refractivity (Wildman–Crippen MR) is 83.1 cm³/mol. The fraction of sp³-hybridized carbons (Fsp3) is 0.688. The number of methoxy groups -OCH3 is 1.